The van der Waals surface area contributed by atoms with Gasteiger partial charge in [-0.1, -0.05) is 30.3 Å². The highest BCUT2D eigenvalue weighted by Gasteiger charge is 2.13. The molecular weight excluding hydrogens is 244 g/mol. The van der Waals surface area contributed by atoms with Crippen LogP contribution in [-0.4, -0.2) is 16.2 Å². The third kappa shape index (κ3) is 2.89. The van der Waals surface area contributed by atoms with Crippen molar-refractivity contribution in [3.8, 4) is 17.0 Å². The Morgan fingerprint density at radius 3 is 2.63 bits per heavy atom. The van der Waals surface area contributed by atoms with E-state index in [1.54, 1.807) is 13.0 Å². The van der Waals surface area contributed by atoms with Gasteiger partial charge in [0.05, 0.1) is 12.3 Å². The lowest BCUT2D eigenvalue weighted by Crippen LogP contribution is -2.17. The molecule has 0 fully saturated rings. The minimum Gasteiger partial charge on any atom is -0.408 e. The topological polar surface area (TPSA) is 85.4 Å². The molecule has 0 unspecified atom stereocenters. The van der Waals surface area contributed by atoms with E-state index in [-0.39, 0.29) is 12.4 Å². The zero-order chi connectivity index (χ0) is 13.8. The van der Waals surface area contributed by atoms with E-state index in [0.29, 0.717) is 11.4 Å². The molecule has 19 heavy (non-hydrogen) atoms. The minimum absolute atomic E-state index is 0.178. The van der Waals surface area contributed by atoms with Crippen molar-refractivity contribution in [2.75, 3.05) is 0 Å². The first kappa shape index (κ1) is 13.0. The van der Waals surface area contributed by atoms with Crippen LogP contribution in [0, 0.1) is 6.92 Å². The summed E-state index contributed by atoms with van der Waals surface area (Å²) in [6.07, 6.45) is -0.893. The van der Waals surface area contributed by atoms with E-state index < -0.39 is 6.09 Å². The van der Waals surface area contributed by atoms with E-state index in [1.165, 1.54) is 0 Å². The molecule has 0 aliphatic heterocycles. The number of benzene rings is 1. The van der Waals surface area contributed by atoms with E-state index in [9.17, 15) is 9.90 Å². The SMILES string of the molecule is Cc1cc(OC(N)=O)c(-c2ccccc2)nc1CO. The van der Waals surface area contributed by atoms with Crippen molar-refractivity contribution >= 4 is 6.09 Å². The van der Waals surface area contributed by atoms with E-state index in [4.69, 9.17) is 10.5 Å². The van der Waals surface area contributed by atoms with Crippen LogP contribution in [0.25, 0.3) is 11.3 Å². The fraction of sp³-hybridized carbons (Fsp3) is 0.143. The van der Waals surface area contributed by atoms with Crippen LogP contribution in [0.2, 0.25) is 0 Å². The molecule has 0 saturated carbocycles. The minimum atomic E-state index is -0.893. The number of aliphatic hydroxyl groups is 1. The highest BCUT2D eigenvalue weighted by Crippen LogP contribution is 2.30. The van der Waals surface area contributed by atoms with Crippen LogP contribution in [0.15, 0.2) is 36.4 Å². The molecule has 0 bridgehead atoms. The number of primary amides is 1. The van der Waals surface area contributed by atoms with Gasteiger partial charge < -0.3 is 15.6 Å². The average Bonchev–Trinajstić information content (AvgIpc) is 2.39. The largest absolute Gasteiger partial charge is 0.410 e. The molecule has 1 aromatic heterocycles. The van der Waals surface area contributed by atoms with Gasteiger partial charge in [-0.05, 0) is 18.6 Å². The van der Waals surface area contributed by atoms with E-state index >= 15 is 0 Å². The first-order chi connectivity index (χ1) is 9.11. The first-order valence-electron chi connectivity index (χ1n) is 5.76. The van der Waals surface area contributed by atoms with Gasteiger partial charge in [0.15, 0.2) is 5.75 Å². The van der Waals surface area contributed by atoms with Crippen LogP contribution in [-0.2, 0) is 6.61 Å². The van der Waals surface area contributed by atoms with Gasteiger partial charge in [0, 0.05) is 5.56 Å². The first-order valence-corrected chi connectivity index (χ1v) is 5.76. The number of rotatable bonds is 3. The maximum atomic E-state index is 10.9. The van der Waals surface area contributed by atoms with Gasteiger partial charge in [0.2, 0.25) is 0 Å². The van der Waals surface area contributed by atoms with Crippen LogP contribution in [0.5, 0.6) is 5.75 Å². The number of carbonyl (C=O) groups is 1. The molecule has 5 heteroatoms. The summed E-state index contributed by atoms with van der Waals surface area (Å²) in [5.74, 6) is 0.286. The van der Waals surface area contributed by atoms with Crippen molar-refractivity contribution in [3.63, 3.8) is 0 Å². The van der Waals surface area contributed by atoms with Crippen molar-refractivity contribution in [2.24, 2.45) is 5.73 Å². The molecule has 2 aromatic rings. The molecule has 0 atom stereocenters. The number of hydrogen-bond acceptors (Lipinski definition) is 4. The van der Waals surface area contributed by atoms with E-state index in [0.717, 1.165) is 11.1 Å². The van der Waals surface area contributed by atoms with Gasteiger partial charge >= 0.3 is 6.09 Å². The van der Waals surface area contributed by atoms with E-state index in [1.807, 2.05) is 30.3 Å². The average molecular weight is 258 g/mol. The van der Waals surface area contributed by atoms with Crippen molar-refractivity contribution in [3.05, 3.63) is 47.7 Å². The molecule has 1 amide bonds. The molecule has 0 spiro atoms. The maximum absolute atomic E-state index is 10.9. The Balaban J connectivity index is 2.58. The molecule has 0 radical (unpaired) electrons. The van der Waals surface area contributed by atoms with Crippen LogP contribution >= 0.6 is 0 Å². The second-order valence-electron chi connectivity index (χ2n) is 4.04. The summed E-state index contributed by atoms with van der Waals surface area (Å²) >= 11 is 0. The lowest BCUT2D eigenvalue weighted by atomic mass is 10.1. The molecule has 2 rings (SSSR count). The Bertz CT molecular complexity index is 597. The Morgan fingerprint density at radius 2 is 2.05 bits per heavy atom. The normalized spacial score (nSPS) is 10.2. The van der Waals surface area contributed by atoms with E-state index in [2.05, 4.69) is 4.98 Å². The van der Waals surface area contributed by atoms with Gasteiger partial charge in [0.25, 0.3) is 0 Å². The monoisotopic (exact) mass is 258 g/mol. The predicted octanol–water partition coefficient (Wildman–Crippen LogP) is 2.01. The zero-order valence-electron chi connectivity index (χ0n) is 10.5. The van der Waals surface area contributed by atoms with Gasteiger partial charge in [-0.15, -0.1) is 0 Å². The third-order valence-corrected chi connectivity index (χ3v) is 2.69. The molecule has 0 aliphatic rings. The molecule has 98 valence electrons. The fourth-order valence-electron chi connectivity index (χ4n) is 1.78. The number of aliphatic hydroxyl groups excluding tert-OH is 1. The third-order valence-electron chi connectivity index (χ3n) is 2.69. The zero-order valence-corrected chi connectivity index (χ0v) is 10.5. The van der Waals surface area contributed by atoms with Gasteiger partial charge in [0.1, 0.15) is 5.69 Å². The Morgan fingerprint density at radius 1 is 1.37 bits per heavy atom. The lowest BCUT2D eigenvalue weighted by molar-refractivity contribution is 0.211. The molecule has 1 aromatic carbocycles. The van der Waals surface area contributed by atoms with Crippen LogP contribution in [0.4, 0.5) is 4.79 Å². The molecule has 0 aliphatic carbocycles. The second kappa shape index (κ2) is 5.49. The van der Waals surface area contributed by atoms with Gasteiger partial charge in [-0.2, -0.15) is 0 Å². The van der Waals surface area contributed by atoms with Crippen LogP contribution < -0.4 is 10.5 Å². The standard InChI is InChI=1S/C14H14N2O3/c1-9-7-12(19-14(15)18)13(16-11(9)8-17)10-5-3-2-4-6-10/h2-7,17H,8H2,1H3,(H2,15,18). The summed E-state index contributed by atoms with van der Waals surface area (Å²) in [5.41, 5.74) is 7.59. The number of aromatic nitrogens is 1. The Labute approximate surface area is 110 Å². The summed E-state index contributed by atoms with van der Waals surface area (Å²) in [4.78, 5) is 15.3. The number of nitrogens with two attached hydrogens (primary N) is 1. The lowest BCUT2D eigenvalue weighted by Gasteiger charge is -2.11. The number of amides is 1. The summed E-state index contributed by atoms with van der Waals surface area (Å²) < 4.78 is 4.97. The van der Waals surface area contributed by atoms with Crippen LogP contribution in [0.3, 0.4) is 0 Å². The quantitative estimate of drug-likeness (QED) is 0.881. The highest BCUT2D eigenvalue weighted by atomic mass is 16.5. The predicted molar refractivity (Wildman–Crippen MR) is 70.5 cm³/mol. The second-order valence-corrected chi connectivity index (χ2v) is 4.04. The van der Waals surface area contributed by atoms with Crippen molar-refractivity contribution in [1.29, 1.82) is 0 Å². The summed E-state index contributed by atoms with van der Waals surface area (Å²) in [6.45, 7) is 1.60. The summed E-state index contributed by atoms with van der Waals surface area (Å²) in [7, 11) is 0. The van der Waals surface area contributed by atoms with Gasteiger partial charge in [-0.25, -0.2) is 9.78 Å². The van der Waals surface area contributed by atoms with Crippen LogP contribution in [0.1, 0.15) is 11.3 Å². The smallest absolute Gasteiger partial charge is 0.408 e. The molecule has 3 N–H and O–H groups in total. The molecule has 0 saturated heterocycles. The Kier molecular flexibility index (Phi) is 3.77. The number of nitrogens with zero attached hydrogens (tertiary/aromatic N) is 1. The van der Waals surface area contributed by atoms with Crippen molar-refractivity contribution in [1.82, 2.24) is 4.98 Å². The van der Waals surface area contributed by atoms with Gasteiger partial charge in [-0.3, -0.25) is 0 Å². The maximum Gasteiger partial charge on any atom is 0.410 e. The number of carbonyl (C=O) groups excluding carboxylic acids is 1. The summed E-state index contributed by atoms with van der Waals surface area (Å²) in [5, 5.41) is 9.27. The van der Waals surface area contributed by atoms with Crippen molar-refractivity contribution in [2.45, 2.75) is 13.5 Å². The summed E-state index contributed by atoms with van der Waals surface area (Å²) in [6, 6.07) is 10.9. The molecular formula is C14H14N2O3. The fourth-order valence-corrected chi connectivity index (χ4v) is 1.78. The highest BCUT2D eigenvalue weighted by molar-refractivity contribution is 5.74. The number of aryl methyl sites for hydroxylation is 1. The molecule has 1 heterocycles. The molecule has 5 nitrogen and oxygen atoms in total. The number of pyridine rings is 1. The Hall–Kier alpha value is -2.40. The van der Waals surface area contributed by atoms with Crippen molar-refractivity contribution < 1.29 is 14.6 Å². The number of ether oxygens (including phenoxy) is 1. The number of hydrogen-bond donors (Lipinski definition) is 2.